The zero-order valence-electron chi connectivity index (χ0n) is 7.71. The van der Waals surface area contributed by atoms with Gasteiger partial charge < -0.3 is 11.0 Å². The highest BCUT2D eigenvalue weighted by molar-refractivity contribution is 3.92. The molecule has 9 heavy (non-hydrogen) atoms. The Kier molecular flexibility index (Phi) is 1810. The topological polar surface area (TPSA) is 63.0 Å². The minimum absolute atomic E-state index is 0. The first-order valence-electron chi connectivity index (χ1n) is 3.41. The summed E-state index contributed by atoms with van der Waals surface area (Å²) >= 11 is 0. The first-order chi connectivity index (χ1) is 3.41. The molecule has 0 amide bonds. The summed E-state index contributed by atoms with van der Waals surface area (Å²) in [5.41, 5.74) is 0. The lowest BCUT2D eigenvalue weighted by Gasteiger charge is -1.48. The van der Waals surface area contributed by atoms with Crippen LogP contribution in [0, 0.1) is 0 Å². The molecule has 0 bridgehead atoms. The van der Waals surface area contributed by atoms with E-state index in [0.717, 1.165) is 0 Å². The highest BCUT2D eigenvalue weighted by Gasteiger charge is 1.35. The predicted octanol–water partition coefficient (Wildman–Crippen LogP) is 1.82. The average molecular weight is 140 g/mol. The van der Waals surface area contributed by atoms with Gasteiger partial charge in [0.1, 0.15) is 0 Å². The Morgan fingerprint density at radius 3 is 0.667 bits per heavy atom. The van der Waals surface area contributed by atoms with Gasteiger partial charge >= 0.3 is 0 Å². The fourth-order valence-corrected chi connectivity index (χ4v) is 0. The summed E-state index contributed by atoms with van der Waals surface area (Å²) < 4.78 is 0. The maximum Gasteiger partial charge on any atom is -0.0590 e. The minimum atomic E-state index is 0. The van der Waals surface area contributed by atoms with Crippen LogP contribution in [0.2, 0.25) is 0 Å². The third-order valence-corrected chi connectivity index (χ3v) is 0. The van der Waals surface area contributed by atoms with Gasteiger partial charge in [0.2, 0.25) is 0 Å². The van der Waals surface area contributed by atoms with Crippen molar-refractivity contribution in [2.45, 2.75) is 48.0 Å². The van der Waals surface area contributed by atoms with E-state index in [1.54, 1.807) is 0 Å². The molecule has 0 saturated carbocycles. The summed E-state index contributed by atoms with van der Waals surface area (Å²) in [6.07, 6.45) is 1.25. The van der Waals surface area contributed by atoms with Gasteiger partial charge in [-0.05, 0) is 0 Å². The molecule has 0 unspecified atom stereocenters. The summed E-state index contributed by atoms with van der Waals surface area (Å²) in [7, 11) is 0. The van der Waals surface area contributed by atoms with Crippen LogP contribution in [-0.4, -0.2) is 11.0 Å². The van der Waals surface area contributed by atoms with Crippen molar-refractivity contribution in [1.29, 1.82) is 0 Å². The molecule has 0 aliphatic carbocycles. The van der Waals surface area contributed by atoms with Crippen molar-refractivity contribution in [2.75, 3.05) is 0 Å². The molecule has 0 heterocycles. The third-order valence-electron chi connectivity index (χ3n) is 0. The van der Waals surface area contributed by atoms with Gasteiger partial charge in [0, 0.05) is 0 Å². The highest BCUT2D eigenvalue weighted by atomic mass is 16.0. The second-order valence-electron chi connectivity index (χ2n) is 0.707. The smallest absolute Gasteiger partial charge is 0.0590 e. The van der Waals surface area contributed by atoms with Crippen molar-refractivity contribution < 1.29 is 11.0 Å². The van der Waals surface area contributed by atoms with E-state index in [-0.39, 0.29) is 11.0 Å². The second-order valence-corrected chi connectivity index (χ2v) is 0.707. The van der Waals surface area contributed by atoms with Crippen molar-refractivity contribution in [1.82, 2.24) is 0 Å². The van der Waals surface area contributed by atoms with Gasteiger partial charge in [-0.25, -0.2) is 0 Å². The van der Waals surface area contributed by atoms with Gasteiger partial charge in [0.25, 0.3) is 0 Å². The van der Waals surface area contributed by atoms with Crippen LogP contribution in [-0.2, 0) is 0 Å². The van der Waals surface area contributed by atoms with E-state index in [1.807, 2.05) is 27.7 Å². The Morgan fingerprint density at radius 1 is 0.667 bits per heavy atom. The molecule has 0 saturated heterocycles. The molecule has 0 fully saturated rings. The molecule has 4 N–H and O–H groups in total. The second kappa shape index (κ2) is 448. The molecule has 0 rings (SSSR count). The maximum absolute atomic E-state index is 2.12. The standard InChI is InChI=1S/C3H8.2C2H6.2H2O/c1-3-2;2*1-2;;/h3H2,1-2H3;2*1-2H3;2*1H2. The van der Waals surface area contributed by atoms with E-state index in [1.165, 1.54) is 6.42 Å². The van der Waals surface area contributed by atoms with E-state index >= 15 is 0 Å². The monoisotopic (exact) mass is 140 g/mol. The van der Waals surface area contributed by atoms with E-state index in [0.29, 0.717) is 0 Å². The molecule has 0 spiro atoms. The molecule has 0 atom stereocenters. The van der Waals surface area contributed by atoms with Crippen LogP contribution in [0.15, 0.2) is 0 Å². The summed E-state index contributed by atoms with van der Waals surface area (Å²) in [6.45, 7) is 12.2. The fraction of sp³-hybridized carbons (Fsp3) is 1.00. The summed E-state index contributed by atoms with van der Waals surface area (Å²) in [5.74, 6) is 0. The lowest BCUT2D eigenvalue weighted by Crippen LogP contribution is -1.27. The lowest BCUT2D eigenvalue weighted by molar-refractivity contribution is 0.823. The Labute approximate surface area is 59.9 Å². The Balaban J connectivity index is -0.00000000825. The predicted molar refractivity (Wildman–Crippen MR) is 45.9 cm³/mol. The highest BCUT2D eigenvalue weighted by Crippen LogP contribution is 1.56. The van der Waals surface area contributed by atoms with Crippen LogP contribution in [0.3, 0.4) is 0 Å². The largest absolute Gasteiger partial charge is 0.412 e. The molecule has 0 aliphatic rings. The van der Waals surface area contributed by atoms with Crippen LogP contribution in [0.5, 0.6) is 0 Å². The minimum Gasteiger partial charge on any atom is -0.412 e. The average Bonchev–Trinajstić information content (AvgIpc) is 1.78. The van der Waals surface area contributed by atoms with Crippen molar-refractivity contribution >= 4 is 0 Å². The molecular formula is C7H24O2. The van der Waals surface area contributed by atoms with Crippen LogP contribution in [0.25, 0.3) is 0 Å². The van der Waals surface area contributed by atoms with Crippen LogP contribution in [0.1, 0.15) is 48.0 Å². The molecule has 0 aliphatic heterocycles. The summed E-state index contributed by atoms with van der Waals surface area (Å²) in [6, 6.07) is 0. The van der Waals surface area contributed by atoms with Crippen LogP contribution in [0.4, 0.5) is 0 Å². The molecule has 2 heteroatoms. The SMILES string of the molecule is CC.CC.CCC.O.O. The Morgan fingerprint density at radius 2 is 0.667 bits per heavy atom. The van der Waals surface area contributed by atoms with Crippen molar-refractivity contribution in [3.63, 3.8) is 0 Å². The normalized spacial score (nSPS) is 3.33. The van der Waals surface area contributed by atoms with Crippen molar-refractivity contribution in [2.24, 2.45) is 0 Å². The zero-order valence-corrected chi connectivity index (χ0v) is 7.71. The lowest BCUT2D eigenvalue weighted by atomic mass is 10.6. The maximum atomic E-state index is 2.12. The molecular weight excluding hydrogens is 116 g/mol. The third kappa shape index (κ3) is 43400. The van der Waals surface area contributed by atoms with Gasteiger partial charge in [-0.15, -0.1) is 0 Å². The summed E-state index contributed by atoms with van der Waals surface area (Å²) in [4.78, 5) is 0. The van der Waals surface area contributed by atoms with Crippen molar-refractivity contribution in [3.8, 4) is 0 Å². The molecule has 0 aromatic rings. The first-order valence-corrected chi connectivity index (χ1v) is 3.41. The van der Waals surface area contributed by atoms with Gasteiger partial charge in [0.15, 0.2) is 0 Å². The van der Waals surface area contributed by atoms with Gasteiger partial charge in [-0.3, -0.25) is 0 Å². The van der Waals surface area contributed by atoms with E-state index in [9.17, 15) is 0 Å². The van der Waals surface area contributed by atoms with Crippen LogP contribution < -0.4 is 0 Å². The zero-order chi connectivity index (χ0) is 6.71. The number of hydrogen-bond acceptors (Lipinski definition) is 0. The van der Waals surface area contributed by atoms with Crippen LogP contribution >= 0.6 is 0 Å². The van der Waals surface area contributed by atoms with E-state index < -0.39 is 0 Å². The molecule has 64 valence electrons. The Bertz CT molecular complexity index is 6.88. The molecule has 0 aromatic carbocycles. The molecule has 0 radical (unpaired) electrons. The quantitative estimate of drug-likeness (QED) is 0.492. The summed E-state index contributed by atoms with van der Waals surface area (Å²) in [5, 5.41) is 0. The number of hydrogen-bond donors (Lipinski definition) is 0. The van der Waals surface area contributed by atoms with Gasteiger partial charge in [0.05, 0.1) is 0 Å². The Hall–Kier alpha value is -0.0800. The fourth-order valence-electron chi connectivity index (χ4n) is 0. The first kappa shape index (κ1) is 36.4. The molecule has 2 nitrogen and oxygen atoms in total. The molecule has 0 aromatic heterocycles. The van der Waals surface area contributed by atoms with E-state index in [4.69, 9.17) is 0 Å². The van der Waals surface area contributed by atoms with Gasteiger partial charge in [-0.1, -0.05) is 48.0 Å². The van der Waals surface area contributed by atoms with E-state index in [2.05, 4.69) is 13.8 Å². The van der Waals surface area contributed by atoms with Gasteiger partial charge in [-0.2, -0.15) is 0 Å². The number of rotatable bonds is 0. The van der Waals surface area contributed by atoms with Crippen molar-refractivity contribution in [3.05, 3.63) is 0 Å².